The summed E-state index contributed by atoms with van der Waals surface area (Å²) in [5, 5.41) is 2.59. The Bertz CT molecular complexity index is 3100. The molecule has 2 nitrogen and oxygen atoms in total. The molecular weight excluding hydrogens is 709 g/mol. The monoisotopic (exact) mass is 744 g/mol. The highest BCUT2D eigenvalue weighted by Crippen LogP contribution is 2.52. The normalized spacial score (nSPS) is 12.8. The molecule has 0 unspecified atom stereocenters. The quantitative estimate of drug-likeness (QED) is 0.169. The molecule has 2 aromatic heterocycles. The summed E-state index contributed by atoms with van der Waals surface area (Å²) in [6.45, 7) is 2.37. The van der Waals surface area contributed by atoms with Crippen molar-refractivity contribution < 1.29 is 0 Å². The van der Waals surface area contributed by atoms with Gasteiger partial charge >= 0.3 is 0 Å². The van der Waals surface area contributed by atoms with E-state index < -0.39 is 0 Å². The van der Waals surface area contributed by atoms with Gasteiger partial charge < -0.3 is 0 Å². The van der Waals surface area contributed by atoms with E-state index in [9.17, 15) is 0 Å². The van der Waals surface area contributed by atoms with Crippen LogP contribution in [-0.4, -0.2) is 9.97 Å². The predicted molar refractivity (Wildman–Crippen MR) is 240 cm³/mol. The fourth-order valence-electron chi connectivity index (χ4n) is 8.92. The van der Waals surface area contributed by atoms with E-state index in [1.807, 2.05) is 17.4 Å². The lowest BCUT2D eigenvalue weighted by Crippen LogP contribution is -2.22. The van der Waals surface area contributed by atoms with Crippen LogP contribution < -0.4 is 0 Å². The summed E-state index contributed by atoms with van der Waals surface area (Å²) >= 11 is 1.86. The molecule has 57 heavy (non-hydrogen) atoms. The lowest BCUT2D eigenvalue weighted by Gasteiger charge is -2.28. The molecule has 268 valence electrons. The highest BCUT2D eigenvalue weighted by Gasteiger charge is 2.40. The van der Waals surface area contributed by atoms with Crippen molar-refractivity contribution in [1.29, 1.82) is 0 Å². The minimum Gasteiger partial charge on any atom is -0.228 e. The Labute approximate surface area is 336 Å². The van der Waals surface area contributed by atoms with Gasteiger partial charge in [-0.3, -0.25) is 0 Å². The van der Waals surface area contributed by atoms with Crippen LogP contribution in [0.3, 0.4) is 0 Å². The zero-order valence-corrected chi connectivity index (χ0v) is 32.2. The Balaban J connectivity index is 1.12. The zero-order valence-electron chi connectivity index (χ0n) is 31.4. The van der Waals surface area contributed by atoms with E-state index >= 15 is 0 Å². The fraction of sp³-hybridized carbons (Fsp3) is 0.0370. The number of hydrogen-bond donors (Lipinski definition) is 0. The van der Waals surface area contributed by atoms with Gasteiger partial charge in [0.1, 0.15) is 0 Å². The Morgan fingerprint density at radius 1 is 0.386 bits per heavy atom. The Kier molecular flexibility index (Phi) is 7.84. The average molecular weight is 745 g/mol. The number of fused-ring (bicyclic) bond motifs is 6. The highest BCUT2D eigenvalue weighted by atomic mass is 32.1. The maximum Gasteiger partial charge on any atom is 0.160 e. The van der Waals surface area contributed by atoms with Crippen LogP contribution in [0.5, 0.6) is 0 Å². The van der Waals surface area contributed by atoms with Crippen LogP contribution in [0.2, 0.25) is 0 Å². The van der Waals surface area contributed by atoms with Crippen molar-refractivity contribution in [3.05, 3.63) is 217 Å². The molecule has 0 radical (unpaired) electrons. The topological polar surface area (TPSA) is 25.8 Å². The molecule has 3 heteroatoms. The molecule has 1 aliphatic rings. The van der Waals surface area contributed by atoms with Gasteiger partial charge in [-0.2, -0.15) is 0 Å². The molecule has 1 aliphatic carbocycles. The molecule has 0 saturated carbocycles. The standard InChI is InChI=1S/C54H36N2S/c1-54(47-27-11-8-22-43(47)44-23-9-12-28-48(44)54)41-21-14-20-37(33-41)49-34-50(56-53(55-49)36-18-6-3-7-19-36)40-31-38(35-16-4-2-5-17-35)30-39(32-40)42-25-15-26-46-45-24-10-13-29-51(45)57-52(42)46/h2-34H,1H3. The summed E-state index contributed by atoms with van der Waals surface area (Å²) in [5.41, 5.74) is 15.8. The van der Waals surface area contributed by atoms with Gasteiger partial charge in [0.05, 0.1) is 11.4 Å². The van der Waals surface area contributed by atoms with Gasteiger partial charge in [0.25, 0.3) is 0 Å². The highest BCUT2D eigenvalue weighted by molar-refractivity contribution is 7.26. The third-order valence-corrected chi connectivity index (χ3v) is 13.0. The number of hydrogen-bond acceptors (Lipinski definition) is 3. The summed E-state index contributed by atoms with van der Waals surface area (Å²) in [4.78, 5) is 10.6. The minimum atomic E-state index is -0.312. The Hall–Kier alpha value is -6.94. The van der Waals surface area contributed by atoms with Crippen LogP contribution in [0.25, 0.3) is 87.5 Å². The van der Waals surface area contributed by atoms with E-state index in [2.05, 4.69) is 201 Å². The molecule has 10 aromatic rings. The van der Waals surface area contributed by atoms with Gasteiger partial charge in [-0.05, 0) is 93.4 Å². The SMILES string of the molecule is CC1(c2cccc(-c3cc(-c4cc(-c5ccccc5)cc(-c5cccc6c5sc5ccccc56)c4)nc(-c4ccccc4)n3)c2)c2ccccc2-c2ccccc21. The Morgan fingerprint density at radius 3 is 1.68 bits per heavy atom. The largest absolute Gasteiger partial charge is 0.228 e. The van der Waals surface area contributed by atoms with Crippen LogP contribution >= 0.6 is 11.3 Å². The van der Waals surface area contributed by atoms with Crippen LogP contribution in [0.15, 0.2) is 200 Å². The first-order valence-electron chi connectivity index (χ1n) is 19.5. The first-order chi connectivity index (χ1) is 28.1. The summed E-state index contributed by atoms with van der Waals surface area (Å²) in [6, 6.07) is 72.2. The molecule has 0 spiro atoms. The third-order valence-electron chi connectivity index (χ3n) is 11.8. The second kappa shape index (κ2) is 13.4. The van der Waals surface area contributed by atoms with Crippen molar-refractivity contribution in [2.75, 3.05) is 0 Å². The van der Waals surface area contributed by atoms with Gasteiger partial charge in [0.15, 0.2) is 5.82 Å². The molecular formula is C54H36N2S. The van der Waals surface area contributed by atoms with Crippen molar-refractivity contribution in [2.45, 2.75) is 12.3 Å². The molecule has 2 heterocycles. The van der Waals surface area contributed by atoms with Gasteiger partial charge in [0.2, 0.25) is 0 Å². The summed E-state index contributed by atoms with van der Waals surface area (Å²) in [6.07, 6.45) is 0. The predicted octanol–water partition coefficient (Wildman–Crippen LogP) is 14.5. The summed E-state index contributed by atoms with van der Waals surface area (Å²) in [7, 11) is 0. The van der Waals surface area contributed by atoms with Gasteiger partial charge in [-0.15, -0.1) is 11.3 Å². The van der Waals surface area contributed by atoms with Crippen molar-refractivity contribution in [2.24, 2.45) is 0 Å². The molecule has 11 rings (SSSR count). The van der Waals surface area contributed by atoms with E-state index in [0.717, 1.165) is 33.6 Å². The van der Waals surface area contributed by atoms with Crippen molar-refractivity contribution in [3.8, 4) is 67.3 Å². The van der Waals surface area contributed by atoms with Crippen LogP contribution in [0.1, 0.15) is 23.6 Å². The number of benzene rings is 8. The Morgan fingerprint density at radius 2 is 0.930 bits per heavy atom. The second-order valence-corrected chi connectivity index (χ2v) is 16.1. The van der Waals surface area contributed by atoms with Gasteiger partial charge in [-0.1, -0.05) is 164 Å². The van der Waals surface area contributed by atoms with Gasteiger partial charge in [-0.25, -0.2) is 9.97 Å². The van der Waals surface area contributed by atoms with E-state index in [0.29, 0.717) is 5.82 Å². The van der Waals surface area contributed by atoms with E-state index in [1.165, 1.54) is 64.7 Å². The molecule has 8 aromatic carbocycles. The maximum absolute atomic E-state index is 5.33. The minimum absolute atomic E-state index is 0.312. The third kappa shape index (κ3) is 5.54. The first kappa shape index (κ1) is 33.4. The van der Waals surface area contributed by atoms with E-state index in [1.54, 1.807) is 0 Å². The van der Waals surface area contributed by atoms with E-state index in [-0.39, 0.29) is 5.41 Å². The smallest absolute Gasteiger partial charge is 0.160 e. The molecule has 0 bridgehead atoms. The number of thiophene rings is 1. The molecule has 0 fully saturated rings. The van der Waals surface area contributed by atoms with E-state index in [4.69, 9.17) is 9.97 Å². The average Bonchev–Trinajstić information content (AvgIpc) is 3.80. The van der Waals surface area contributed by atoms with Gasteiger partial charge in [0, 0.05) is 42.3 Å². The second-order valence-electron chi connectivity index (χ2n) is 15.1. The number of rotatable bonds is 6. The first-order valence-corrected chi connectivity index (χ1v) is 20.3. The molecule has 0 atom stereocenters. The van der Waals surface area contributed by atoms with Crippen molar-refractivity contribution >= 4 is 31.5 Å². The van der Waals surface area contributed by atoms with Crippen molar-refractivity contribution in [1.82, 2.24) is 9.97 Å². The molecule has 0 aliphatic heterocycles. The lowest BCUT2D eigenvalue weighted by molar-refractivity contribution is 0.714. The van der Waals surface area contributed by atoms with Crippen LogP contribution in [0, 0.1) is 0 Å². The lowest BCUT2D eigenvalue weighted by atomic mass is 9.74. The summed E-state index contributed by atoms with van der Waals surface area (Å²) < 4.78 is 2.59. The van der Waals surface area contributed by atoms with Crippen LogP contribution in [-0.2, 0) is 5.41 Å². The summed E-state index contributed by atoms with van der Waals surface area (Å²) in [5.74, 6) is 0.703. The van der Waals surface area contributed by atoms with Crippen LogP contribution in [0.4, 0.5) is 0 Å². The maximum atomic E-state index is 5.33. The molecule has 0 N–H and O–H groups in total. The number of aromatic nitrogens is 2. The molecule has 0 saturated heterocycles. The molecule has 0 amide bonds. The zero-order chi connectivity index (χ0) is 37.9. The number of nitrogens with zero attached hydrogens (tertiary/aromatic N) is 2. The fourth-order valence-corrected chi connectivity index (χ4v) is 10.2. The van der Waals surface area contributed by atoms with Crippen molar-refractivity contribution in [3.63, 3.8) is 0 Å².